The highest BCUT2D eigenvalue weighted by atomic mass is 19.1. The van der Waals surface area contributed by atoms with Crippen LogP contribution in [0.15, 0.2) is 24.3 Å². The van der Waals surface area contributed by atoms with Gasteiger partial charge in [0.2, 0.25) is 0 Å². The third kappa shape index (κ3) is 2.75. The van der Waals surface area contributed by atoms with Gasteiger partial charge in [0.05, 0.1) is 7.11 Å². The van der Waals surface area contributed by atoms with Crippen LogP contribution in [0.3, 0.4) is 0 Å². The van der Waals surface area contributed by atoms with Gasteiger partial charge in [-0.1, -0.05) is 12.1 Å². The number of benzene rings is 1. The van der Waals surface area contributed by atoms with Crippen molar-refractivity contribution in [3.8, 4) is 11.8 Å². The minimum atomic E-state index is -1.44. The van der Waals surface area contributed by atoms with Crippen LogP contribution >= 0.6 is 0 Å². The summed E-state index contributed by atoms with van der Waals surface area (Å²) in [5, 5.41) is 8.27. The van der Waals surface area contributed by atoms with E-state index in [4.69, 9.17) is 10.00 Å². The molecule has 0 bridgehead atoms. The maximum atomic E-state index is 12.7. The van der Waals surface area contributed by atoms with E-state index >= 15 is 0 Å². The third-order valence-electron chi connectivity index (χ3n) is 1.69. The normalized spacial score (nSPS) is 11.8. The summed E-state index contributed by atoms with van der Waals surface area (Å²) in [6.45, 7) is 0. The summed E-state index contributed by atoms with van der Waals surface area (Å²) < 4.78 is 17.6. The Morgan fingerprint density at radius 1 is 1.62 bits per heavy atom. The van der Waals surface area contributed by atoms with Crippen molar-refractivity contribution in [2.24, 2.45) is 0 Å². The summed E-state index contributed by atoms with van der Waals surface area (Å²) >= 11 is 0. The molecule has 0 N–H and O–H groups in total. The molecule has 1 aromatic rings. The van der Waals surface area contributed by atoms with Crippen molar-refractivity contribution >= 4 is 0 Å². The molecule has 0 spiro atoms. The van der Waals surface area contributed by atoms with E-state index in [0.717, 1.165) is 5.56 Å². The van der Waals surface area contributed by atoms with Gasteiger partial charge in [-0.25, -0.2) is 4.39 Å². The first-order chi connectivity index (χ1) is 6.26. The SMILES string of the molecule is COc1cccc(CC(F)C#N)c1. The number of hydrogen-bond acceptors (Lipinski definition) is 2. The Bertz CT molecular complexity index is 319. The lowest BCUT2D eigenvalue weighted by atomic mass is 10.1. The van der Waals surface area contributed by atoms with Gasteiger partial charge < -0.3 is 4.74 Å². The Kier molecular flexibility index (Phi) is 3.27. The summed E-state index contributed by atoms with van der Waals surface area (Å²) in [4.78, 5) is 0. The largest absolute Gasteiger partial charge is 0.497 e. The highest BCUT2D eigenvalue weighted by molar-refractivity contribution is 5.29. The molecule has 1 unspecified atom stereocenters. The van der Waals surface area contributed by atoms with E-state index < -0.39 is 6.17 Å². The average molecular weight is 179 g/mol. The van der Waals surface area contributed by atoms with Crippen LogP contribution in [0.4, 0.5) is 4.39 Å². The zero-order valence-electron chi connectivity index (χ0n) is 7.33. The van der Waals surface area contributed by atoms with E-state index in [1.54, 1.807) is 37.4 Å². The quantitative estimate of drug-likeness (QED) is 0.711. The second-order valence-corrected chi connectivity index (χ2v) is 2.65. The molecule has 3 heteroatoms. The lowest BCUT2D eigenvalue weighted by Gasteiger charge is -2.03. The van der Waals surface area contributed by atoms with Gasteiger partial charge >= 0.3 is 0 Å². The molecule has 0 heterocycles. The maximum absolute atomic E-state index is 12.7. The first kappa shape index (κ1) is 9.53. The van der Waals surface area contributed by atoms with Crippen molar-refractivity contribution in [1.29, 1.82) is 5.26 Å². The van der Waals surface area contributed by atoms with Gasteiger partial charge in [-0.2, -0.15) is 5.26 Å². The fourth-order valence-corrected chi connectivity index (χ4v) is 1.05. The molecule has 2 nitrogen and oxygen atoms in total. The van der Waals surface area contributed by atoms with Crippen LogP contribution < -0.4 is 4.74 Å². The topological polar surface area (TPSA) is 33.0 Å². The number of alkyl halides is 1. The summed E-state index contributed by atoms with van der Waals surface area (Å²) in [7, 11) is 1.55. The van der Waals surface area contributed by atoms with Crippen molar-refractivity contribution in [3.63, 3.8) is 0 Å². The predicted octanol–water partition coefficient (Wildman–Crippen LogP) is 2.10. The van der Waals surface area contributed by atoms with Gasteiger partial charge in [0.15, 0.2) is 6.17 Å². The second-order valence-electron chi connectivity index (χ2n) is 2.65. The smallest absolute Gasteiger partial charge is 0.190 e. The van der Waals surface area contributed by atoms with E-state index in [9.17, 15) is 4.39 Å². The first-order valence-corrected chi connectivity index (χ1v) is 3.93. The van der Waals surface area contributed by atoms with Crippen molar-refractivity contribution in [2.45, 2.75) is 12.6 Å². The molecule has 0 saturated heterocycles. The van der Waals surface area contributed by atoms with E-state index in [-0.39, 0.29) is 6.42 Å². The molecule has 1 rings (SSSR count). The van der Waals surface area contributed by atoms with Crippen molar-refractivity contribution < 1.29 is 9.13 Å². The van der Waals surface area contributed by atoms with E-state index in [0.29, 0.717) is 5.75 Å². The molecule has 0 fully saturated rings. The molecular formula is C10H10FNO. The highest BCUT2D eigenvalue weighted by Gasteiger charge is 2.05. The van der Waals surface area contributed by atoms with Crippen LogP contribution in [0.25, 0.3) is 0 Å². The van der Waals surface area contributed by atoms with E-state index in [2.05, 4.69) is 0 Å². The Hall–Kier alpha value is -1.56. The monoisotopic (exact) mass is 179 g/mol. The number of nitriles is 1. The molecule has 0 aromatic heterocycles. The number of halogens is 1. The van der Waals surface area contributed by atoms with Crippen LogP contribution in [0.2, 0.25) is 0 Å². The minimum Gasteiger partial charge on any atom is -0.497 e. The van der Waals surface area contributed by atoms with Gasteiger partial charge in [0, 0.05) is 6.42 Å². The molecule has 13 heavy (non-hydrogen) atoms. The molecular weight excluding hydrogens is 169 g/mol. The maximum Gasteiger partial charge on any atom is 0.190 e. The Morgan fingerprint density at radius 2 is 2.38 bits per heavy atom. The number of methoxy groups -OCH3 is 1. The Balaban J connectivity index is 2.73. The van der Waals surface area contributed by atoms with Crippen LogP contribution in [0.1, 0.15) is 5.56 Å². The summed E-state index contributed by atoms with van der Waals surface area (Å²) in [6.07, 6.45) is -1.32. The predicted molar refractivity (Wildman–Crippen MR) is 47.2 cm³/mol. The van der Waals surface area contributed by atoms with Gasteiger partial charge in [-0.15, -0.1) is 0 Å². The van der Waals surface area contributed by atoms with Gasteiger partial charge in [-0.3, -0.25) is 0 Å². The van der Waals surface area contributed by atoms with Gasteiger partial charge in [0.1, 0.15) is 11.8 Å². The zero-order valence-corrected chi connectivity index (χ0v) is 7.33. The molecule has 0 aliphatic carbocycles. The summed E-state index contributed by atoms with van der Waals surface area (Å²) in [5.41, 5.74) is 0.772. The molecule has 0 saturated carbocycles. The lowest BCUT2D eigenvalue weighted by molar-refractivity contribution is 0.402. The average Bonchev–Trinajstić information content (AvgIpc) is 2.18. The minimum absolute atomic E-state index is 0.119. The fourth-order valence-electron chi connectivity index (χ4n) is 1.05. The molecule has 1 atom stereocenters. The van der Waals surface area contributed by atoms with Crippen molar-refractivity contribution in [3.05, 3.63) is 29.8 Å². The molecule has 68 valence electrons. The highest BCUT2D eigenvalue weighted by Crippen LogP contribution is 2.14. The lowest BCUT2D eigenvalue weighted by Crippen LogP contribution is -2.00. The molecule has 0 amide bonds. The number of hydrogen-bond donors (Lipinski definition) is 0. The molecule has 1 aromatic carbocycles. The van der Waals surface area contributed by atoms with Crippen molar-refractivity contribution in [2.75, 3.05) is 7.11 Å². The number of nitrogens with zero attached hydrogens (tertiary/aromatic N) is 1. The molecule has 0 aliphatic heterocycles. The summed E-state index contributed by atoms with van der Waals surface area (Å²) in [5.74, 6) is 0.683. The van der Waals surface area contributed by atoms with E-state index in [1.165, 1.54) is 0 Å². The first-order valence-electron chi connectivity index (χ1n) is 3.93. The number of ether oxygens (including phenoxy) is 1. The van der Waals surface area contributed by atoms with Gasteiger partial charge in [-0.05, 0) is 17.7 Å². The molecule has 0 radical (unpaired) electrons. The second kappa shape index (κ2) is 4.46. The number of rotatable bonds is 3. The summed E-state index contributed by atoms with van der Waals surface area (Å²) in [6, 6.07) is 8.60. The van der Waals surface area contributed by atoms with Gasteiger partial charge in [0.25, 0.3) is 0 Å². The van der Waals surface area contributed by atoms with E-state index in [1.807, 2.05) is 0 Å². The van der Waals surface area contributed by atoms with Crippen LogP contribution in [-0.4, -0.2) is 13.3 Å². The standard InChI is InChI=1S/C10H10FNO/c1-13-10-4-2-3-8(6-10)5-9(11)7-12/h2-4,6,9H,5H2,1H3. The third-order valence-corrected chi connectivity index (χ3v) is 1.69. The van der Waals surface area contributed by atoms with Crippen LogP contribution in [-0.2, 0) is 6.42 Å². The van der Waals surface area contributed by atoms with Crippen LogP contribution in [0.5, 0.6) is 5.75 Å². The molecule has 0 aliphatic rings. The van der Waals surface area contributed by atoms with Crippen molar-refractivity contribution in [1.82, 2.24) is 0 Å². The Labute approximate surface area is 76.6 Å². The fraction of sp³-hybridized carbons (Fsp3) is 0.300. The Morgan fingerprint density at radius 3 is 3.00 bits per heavy atom. The van der Waals surface area contributed by atoms with Crippen LogP contribution in [0, 0.1) is 11.3 Å². The zero-order chi connectivity index (χ0) is 9.68.